The van der Waals surface area contributed by atoms with Crippen molar-refractivity contribution in [3.05, 3.63) is 16.3 Å². The van der Waals surface area contributed by atoms with E-state index in [-0.39, 0.29) is 17.6 Å². The quantitative estimate of drug-likeness (QED) is 0.708. The Morgan fingerprint density at radius 3 is 2.96 bits per heavy atom. The van der Waals surface area contributed by atoms with Crippen molar-refractivity contribution in [1.29, 1.82) is 0 Å². The zero-order valence-corrected chi connectivity index (χ0v) is 16.2. The molecule has 0 spiro atoms. The highest BCUT2D eigenvalue weighted by molar-refractivity contribution is 7.99. The first-order chi connectivity index (χ1) is 12.0. The van der Waals surface area contributed by atoms with Gasteiger partial charge in [0, 0.05) is 10.8 Å². The maximum Gasteiger partial charge on any atom is 0.227 e. The number of thiophene rings is 1. The van der Waals surface area contributed by atoms with Gasteiger partial charge in [-0.15, -0.1) is 21.5 Å². The third-order valence-electron chi connectivity index (χ3n) is 4.66. The number of amides is 1. The van der Waals surface area contributed by atoms with E-state index in [1.807, 2.05) is 4.40 Å². The molecule has 3 aromatic rings. The Morgan fingerprint density at radius 2 is 2.24 bits per heavy atom. The summed E-state index contributed by atoms with van der Waals surface area (Å²) in [7, 11) is 0. The molecule has 1 unspecified atom stereocenters. The van der Waals surface area contributed by atoms with E-state index in [4.69, 9.17) is 10.7 Å². The average molecular weight is 376 g/mol. The van der Waals surface area contributed by atoms with Crippen LogP contribution in [0.15, 0.2) is 5.16 Å². The normalized spacial score (nSPS) is 17.5. The van der Waals surface area contributed by atoms with E-state index < -0.39 is 0 Å². The van der Waals surface area contributed by atoms with Crippen LogP contribution in [0.4, 0.5) is 0 Å². The monoisotopic (exact) mass is 375 g/mol. The van der Waals surface area contributed by atoms with Gasteiger partial charge in [0.05, 0.1) is 11.1 Å². The second-order valence-corrected chi connectivity index (χ2v) is 9.08. The summed E-state index contributed by atoms with van der Waals surface area (Å²) in [5.41, 5.74) is 7.56. The van der Waals surface area contributed by atoms with Gasteiger partial charge in [-0.2, -0.15) is 0 Å². The molecule has 0 radical (unpaired) electrons. The molecule has 0 saturated carbocycles. The SMILES string of the molecule is CC1CCc2c(sc3nc(C(C)C)n4c(SCC(N)=O)nnc4c23)C1. The topological polar surface area (TPSA) is 86.2 Å². The molecule has 0 fully saturated rings. The van der Waals surface area contributed by atoms with Gasteiger partial charge in [0.25, 0.3) is 0 Å². The maximum atomic E-state index is 11.2. The predicted octanol–water partition coefficient (Wildman–Crippen LogP) is 3.16. The van der Waals surface area contributed by atoms with Crippen LogP contribution in [0.5, 0.6) is 0 Å². The molecule has 0 aromatic carbocycles. The Bertz CT molecular complexity index is 975. The summed E-state index contributed by atoms with van der Waals surface area (Å²) in [6.45, 7) is 6.54. The van der Waals surface area contributed by atoms with Crippen LogP contribution in [-0.4, -0.2) is 31.2 Å². The van der Waals surface area contributed by atoms with Crippen molar-refractivity contribution in [3.8, 4) is 0 Å². The van der Waals surface area contributed by atoms with Crippen molar-refractivity contribution >= 4 is 44.9 Å². The van der Waals surface area contributed by atoms with Crippen LogP contribution in [0, 0.1) is 5.92 Å². The van der Waals surface area contributed by atoms with E-state index in [2.05, 4.69) is 31.0 Å². The summed E-state index contributed by atoms with van der Waals surface area (Å²) in [6.07, 6.45) is 3.40. The number of aromatic nitrogens is 4. The van der Waals surface area contributed by atoms with E-state index in [0.717, 1.165) is 40.4 Å². The first-order valence-corrected chi connectivity index (χ1v) is 10.4. The zero-order valence-electron chi connectivity index (χ0n) is 14.6. The molecule has 1 atom stereocenters. The number of hydrogen-bond acceptors (Lipinski definition) is 6. The molecule has 0 bridgehead atoms. The van der Waals surface area contributed by atoms with Crippen LogP contribution >= 0.6 is 23.1 Å². The highest BCUT2D eigenvalue weighted by Gasteiger charge is 2.26. The predicted molar refractivity (Wildman–Crippen MR) is 101 cm³/mol. The lowest BCUT2D eigenvalue weighted by Gasteiger charge is -2.17. The summed E-state index contributed by atoms with van der Waals surface area (Å²) in [6, 6.07) is 0. The highest BCUT2D eigenvalue weighted by atomic mass is 32.2. The number of rotatable bonds is 4. The van der Waals surface area contributed by atoms with Gasteiger partial charge in [0.15, 0.2) is 10.8 Å². The van der Waals surface area contributed by atoms with Crippen LogP contribution in [0.3, 0.4) is 0 Å². The molecular formula is C17H21N5OS2. The zero-order chi connectivity index (χ0) is 17.7. The van der Waals surface area contributed by atoms with Crippen molar-refractivity contribution in [2.24, 2.45) is 11.7 Å². The number of aryl methyl sites for hydroxylation is 1. The van der Waals surface area contributed by atoms with Crippen molar-refractivity contribution in [3.63, 3.8) is 0 Å². The summed E-state index contributed by atoms with van der Waals surface area (Å²) in [4.78, 5) is 18.6. The molecular weight excluding hydrogens is 354 g/mol. The fraction of sp³-hybridized carbons (Fsp3) is 0.529. The minimum absolute atomic E-state index is 0.190. The van der Waals surface area contributed by atoms with E-state index in [9.17, 15) is 4.79 Å². The number of hydrogen-bond donors (Lipinski definition) is 1. The van der Waals surface area contributed by atoms with Crippen LogP contribution in [0.1, 0.15) is 49.4 Å². The Labute approximate surface area is 154 Å². The largest absolute Gasteiger partial charge is 0.369 e. The maximum absolute atomic E-state index is 11.2. The molecule has 1 amide bonds. The fourth-order valence-corrected chi connectivity index (χ4v) is 5.52. The van der Waals surface area contributed by atoms with Gasteiger partial charge in [-0.1, -0.05) is 32.5 Å². The number of carbonyl (C=O) groups excluding carboxylic acids is 1. The Hall–Kier alpha value is -1.67. The average Bonchev–Trinajstić information content (AvgIpc) is 3.11. The Kier molecular flexibility index (Phi) is 4.19. The lowest BCUT2D eigenvalue weighted by atomic mass is 9.89. The number of thioether (sulfide) groups is 1. The second-order valence-electron chi connectivity index (χ2n) is 7.05. The molecule has 25 heavy (non-hydrogen) atoms. The minimum Gasteiger partial charge on any atom is -0.369 e. The van der Waals surface area contributed by atoms with Gasteiger partial charge in [0.2, 0.25) is 5.91 Å². The molecule has 8 heteroatoms. The Morgan fingerprint density at radius 1 is 1.44 bits per heavy atom. The van der Waals surface area contributed by atoms with Crippen molar-refractivity contribution in [2.75, 3.05) is 5.75 Å². The molecule has 0 saturated heterocycles. The smallest absolute Gasteiger partial charge is 0.227 e. The van der Waals surface area contributed by atoms with Crippen molar-refractivity contribution in [2.45, 2.75) is 51.1 Å². The first-order valence-electron chi connectivity index (χ1n) is 8.56. The Balaban J connectivity index is 1.97. The van der Waals surface area contributed by atoms with Gasteiger partial charge >= 0.3 is 0 Å². The van der Waals surface area contributed by atoms with Crippen LogP contribution in [0.25, 0.3) is 15.9 Å². The molecule has 0 aliphatic heterocycles. The molecule has 1 aliphatic rings. The molecule has 132 valence electrons. The lowest BCUT2D eigenvalue weighted by Crippen LogP contribution is -2.14. The van der Waals surface area contributed by atoms with E-state index >= 15 is 0 Å². The molecule has 3 aromatic heterocycles. The van der Waals surface area contributed by atoms with E-state index in [1.165, 1.54) is 28.6 Å². The van der Waals surface area contributed by atoms with Crippen LogP contribution in [-0.2, 0) is 17.6 Å². The van der Waals surface area contributed by atoms with Gasteiger partial charge in [-0.3, -0.25) is 9.20 Å². The summed E-state index contributed by atoms with van der Waals surface area (Å²) in [5, 5.41) is 10.6. The molecule has 1 aliphatic carbocycles. The number of nitrogens with two attached hydrogens (primary N) is 1. The van der Waals surface area contributed by atoms with E-state index in [1.54, 1.807) is 11.3 Å². The molecule has 2 N–H and O–H groups in total. The van der Waals surface area contributed by atoms with Gasteiger partial charge in [-0.05, 0) is 30.7 Å². The summed E-state index contributed by atoms with van der Waals surface area (Å²) >= 11 is 3.13. The first kappa shape index (κ1) is 16.8. The van der Waals surface area contributed by atoms with Crippen molar-refractivity contribution in [1.82, 2.24) is 19.6 Å². The van der Waals surface area contributed by atoms with Crippen LogP contribution < -0.4 is 5.73 Å². The molecule has 4 rings (SSSR count). The van der Waals surface area contributed by atoms with Gasteiger partial charge < -0.3 is 5.73 Å². The standard InChI is InChI=1S/C17H21N5OS2/c1-8(2)14-19-16-13(10-5-4-9(3)6-11(10)25-16)15-20-21-17(22(14)15)24-7-12(18)23/h8-9H,4-7H2,1-3H3,(H2,18,23). The summed E-state index contributed by atoms with van der Waals surface area (Å²) < 4.78 is 2.02. The third kappa shape index (κ3) is 2.81. The van der Waals surface area contributed by atoms with Gasteiger partial charge in [-0.25, -0.2) is 4.98 Å². The third-order valence-corrected chi connectivity index (χ3v) is 6.75. The van der Waals surface area contributed by atoms with Crippen molar-refractivity contribution < 1.29 is 4.79 Å². The van der Waals surface area contributed by atoms with Crippen LogP contribution in [0.2, 0.25) is 0 Å². The fourth-order valence-electron chi connectivity index (χ4n) is 3.45. The lowest BCUT2D eigenvalue weighted by molar-refractivity contribution is -0.115. The summed E-state index contributed by atoms with van der Waals surface area (Å²) in [5.74, 6) is 1.72. The van der Waals surface area contributed by atoms with E-state index in [0.29, 0.717) is 5.16 Å². The van der Waals surface area contributed by atoms with Gasteiger partial charge in [0.1, 0.15) is 10.7 Å². The number of primary amides is 1. The molecule has 6 nitrogen and oxygen atoms in total. The number of carbonyl (C=O) groups is 1. The second kappa shape index (κ2) is 6.25. The number of fused-ring (bicyclic) bond motifs is 5. The molecule has 3 heterocycles. The number of nitrogens with zero attached hydrogens (tertiary/aromatic N) is 4. The minimum atomic E-state index is -0.358. The highest BCUT2D eigenvalue weighted by Crippen LogP contribution is 2.40.